The van der Waals surface area contributed by atoms with E-state index in [1.807, 2.05) is 36.0 Å². The predicted molar refractivity (Wildman–Crippen MR) is 137 cm³/mol. The zero-order valence-corrected chi connectivity index (χ0v) is 20.9. The normalized spacial score (nSPS) is 16.7. The molecule has 0 bridgehead atoms. The summed E-state index contributed by atoms with van der Waals surface area (Å²) in [4.78, 5) is 19.0. The van der Waals surface area contributed by atoms with E-state index in [0.717, 1.165) is 48.9 Å². The zero-order chi connectivity index (χ0) is 24.9. The number of amides is 1. The number of fused-ring (bicyclic) bond motifs is 1. The van der Waals surface area contributed by atoms with Gasteiger partial charge in [0, 0.05) is 45.6 Å². The molecular formula is C28H35N5O3. The van der Waals surface area contributed by atoms with Crippen LogP contribution in [0.15, 0.2) is 48.8 Å². The van der Waals surface area contributed by atoms with Crippen molar-refractivity contribution in [2.45, 2.75) is 51.4 Å². The van der Waals surface area contributed by atoms with E-state index >= 15 is 0 Å². The Labute approximate surface area is 212 Å². The third-order valence-electron chi connectivity index (χ3n) is 7.35. The second kappa shape index (κ2) is 11.2. The van der Waals surface area contributed by atoms with Crippen molar-refractivity contribution < 1.29 is 14.6 Å². The Morgan fingerprint density at radius 1 is 1.19 bits per heavy atom. The molecule has 8 heteroatoms. The van der Waals surface area contributed by atoms with Gasteiger partial charge < -0.3 is 15.2 Å². The average Bonchev–Trinajstić information content (AvgIpc) is 3.28. The molecule has 8 nitrogen and oxygen atoms in total. The van der Waals surface area contributed by atoms with Crippen LogP contribution in [0.2, 0.25) is 0 Å². The van der Waals surface area contributed by atoms with E-state index < -0.39 is 6.10 Å². The third kappa shape index (κ3) is 6.12. The van der Waals surface area contributed by atoms with Crippen molar-refractivity contribution in [3.8, 4) is 5.75 Å². The average molecular weight is 490 g/mol. The first-order chi connectivity index (χ1) is 17.5. The fourth-order valence-electron chi connectivity index (χ4n) is 4.95. The molecular weight excluding hydrogens is 454 g/mol. The molecule has 36 heavy (non-hydrogen) atoms. The second-order valence-corrected chi connectivity index (χ2v) is 10.1. The molecule has 0 unspecified atom stereocenters. The van der Waals surface area contributed by atoms with Gasteiger partial charge in [0.05, 0.1) is 11.8 Å². The highest BCUT2D eigenvalue weighted by Crippen LogP contribution is 2.29. The van der Waals surface area contributed by atoms with Crippen LogP contribution in [0.1, 0.15) is 52.1 Å². The number of rotatable bonds is 10. The van der Waals surface area contributed by atoms with Gasteiger partial charge in [0.2, 0.25) is 0 Å². The number of carbonyl (C=O) groups excluding carboxylic acids is 1. The number of nitrogens with zero attached hydrogens (tertiary/aromatic N) is 4. The minimum atomic E-state index is -0.643. The van der Waals surface area contributed by atoms with Crippen molar-refractivity contribution in [1.29, 1.82) is 0 Å². The van der Waals surface area contributed by atoms with Crippen molar-refractivity contribution >= 4 is 5.91 Å². The molecule has 190 valence electrons. The number of carbonyl (C=O) groups is 1. The first kappa shape index (κ1) is 24.5. The van der Waals surface area contributed by atoms with Crippen molar-refractivity contribution in [1.82, 2.24) is 25.0 Å². The Morgan fingerprint density at radius 2 is 2.08 bits per heavy atom. The first-order valence-corrected chi connectivity index (χ1v) is 12.9. The zero-order valence-electron chi connectivity index (χ0n) is 20.9. The fourth-order valence-corrected chi connectivity index (χ4v) is 4.95. The summed E-state index contributed by atoms with van der Waals surface area (Å²) in [6.07, 6.45) is 8.61. The maximum Gasteiger partial charge on any atom is 0.269 e. The molecule has 1 aliphatic heterocycles. The SMILES string of the molecule is Cn1nccc1COc1ccc2c(c1)CCN(C[C@@H](O)CNC(=O)c1cc(CC3CCC3)ccn1)C2. The molecule has 2 aromatic heterocycles. The Kier molecular flexibility index (Phi) is 7.63. The predicted octanol–water partition coefficient (Wildman–Crippen LogP) is 2.89. The maximum atomic E-state index is 12.6. The van der Waals surface area contributed by atoms with E-state index in [0.29, 0.717) is 18.8 Å². The number of hydrogen-bond donors (Lipinski definition) is 2. The van der Waals surface area contributed by atoms with Crippen LogP contribution in [0.3, 0.4) is 0 Å². The Morgan fingerprint density at radius 3 is 2.86 bits per heavy atom. The molecule has 1 aromatic carbocycles. The van der Waals surface area contributed by atoms with Crippen LogP contribution < -0.4 is 10.1 Å². The van der Waals surface area contributed by atoms with Crippen molar-refractivity contribution in [3.05, 3.63) is 76.9 Å². The number of aliphatic hydroxyl groups excluding tert-OH is 1. The molecule has 2 N–H and O–H groups in total. The highest BCUT2D eigenvalue weighted by atomic mass is 16.5. The van der Waals surface area contributed by atoms with Gasteiger partial charge >= 0.3 is 0 Å². The van der Waals surface area contributed by atoms with Gasteiger partial charge in [-0.15, -0.1) is 0 Å². The van der Waals surface area contributed by atoms with Gasteiger partial charge in [-0.3, -0.25) is 19.4 Å². The summed E-state index contributed by atoms with van der Waals surface area (Å²) in [6.45, 7) is 2.83. The van der Waals surface area contributed by atoms with Crippen molar-refractivity contribution in [2.24, 2.45) is 13.0 Å². The summed E-state index contributed by atoms with van der Waals surface area (Å²) in [7, 11) is 1.91. The van der Waals surface area contributed by atoms with Gasteiger partial charge in [-0.2, -0.15) is 5.10 Å². The number of hydrogen-bond acceptors (Lipinski definition) is 6. The van der Waals surface area contributed by atoms with E-state index in [2.05, 4.69) is 32.4 Å². The van der Waals surface area contributed by atoms with Gasteiger partial charge in [0.1, 0.15) is 18.1 Å². The Bertz CT molecular complexity index is 1190. The topological polar surface area (TPSA) is 92.5 Å². The lowest BCUT2D eigenvalue weighted by atomic mass is 9.81. The first-order valence-electron chi connectivity index (χ1n) is 12.9. The fraction of sp³-hybridized carbons (Fsp3) is 0.464. The van der Waals surface area contributed by atoms with E-state index in [1.165, 1.54) is 30.4 Å². The van der Waals surface area contributed by atoms with Crippen LogP contribution >= 0.6 is 0 Å². The summed E-state index contributed by atoms with van der Waals surface area (Å²) in [5, 5.41) is 17.6. The van der Waals surface area contributed by atoms with Crippen LogP contribution in [0.5, 0.6) is 5.75 Å². The summed E-state index contributed by atoms with van der Waals surface area (Å²) in [5.41, 5.74) is 5.14. The van der Waals surface area contributed by atoms with Gasteiger partial charge in [0.25, 0.3) is 5.91 Å². The molecule has 1 atom stereocenters. The highest BCUT2D eigenvalue weighted by molar-refractivity contribution is 5.92. The monoisotopic (exact) mass is 489 g/mol. The second-order valence-electron chi connectivity index (χ2n) is 10.1. The smallest absolute Gasteiger partial charge is 0.269 e. The van der Waals surface area contributed by atoms with E-state index in [1.54, 1.807) is 12.4 Å². The molecule has 0 radical (unpaired) electrons. The van der Waals surface area contributed by atoms with Gasteiger partial charge in [-0.05, 0) is 65.8 Å². The summed E-state index contributed by atoms with van der Waals surface area (Å²) < 4.78 is 7.77. The number of pyridine rings is 1. The van der Waals surface area contributed by atoms with Crippen molar-refractivity contribution in [2.75, 3.05) is 19.6 Å². The lowest BCUT2D eigenvalue weighted by Gasteiger charge is -2.30. The lowest BCUT2D eigenvalue weighted by Crippen LogP contribution is -2.42. The number of β-amino-alcohol motifs (C(OH)–C–C–N with tert-alkyl or cyclic N) is 1. The quantitative estimate of drug-likeness (QED) is 0.455. The van der Waals surface area contributed by atoms with Crippen LogP contribution in [0.4, 0.5) is 0 Å². The molecule has 5 rings (SSSR count). The van der Waals surface area contributed by atoms with Crippen molar-refractivity contribution in [3.63, 3.8) is 0 Å². The molecule has 0 spiro atoms. The molecule has 0 saturated heterocycles. The lowest BCUT2D eigenvalue weighted by molar-refractivity contribution is 0.0838. The largest absolute Gasteiger partial charge is 0.487 e. The van der Waals surface area contributed by atoms with E-state index in [4.69, 9.17) is 4.74 Å². The van der Waals surface area contributed by atoms with Gasteiger partial charge in [0.15, 0.2) is 0 Å². The Balaban J connectivity index is 1.07. The number of benzene rings is 1. The Hall–Kier alpha value is -3.23. The summed E-state index contributed by atoms with van der Waals surface area (Å²) in [5.74, 6) is 1.37. The number of aliphatic hydroxyl groups is 1. The summed E-state index contributed by atoms with van der Waals surface area (Å²) >= 11 is 0. The van der Waals surface area contributed by atoms with E-state index in [9.17, 15) is 9.90 Å². The van der Waals surface area contributed by atoms with Crippen LogP contribution in [0.25, 0.3) is 0 Å². The van der Waals surface area contributed by atoms with Gasteiger partial charge in [-0.1, -0.05) is 25.3 Å². The van der Waals surface area contributed by atoms with Crippen LogP contribution in [0, 0.1) is 5.92 Å². The summed E-state index contributed by atoms with van der Waals surface area (Å²) in [6, 6.07) is 12.1. The van der Waals surface area contributed by atoms with Crippen LogP contribution in [-0.4, -0.2) is 56.4 Å². The number of aryl methyl sites for hydroxylation is 1. The minimum absolute atomic E-state index is 0.206. The number of ether oxygens (including phenoxy) is 1. The molecule has 1 amide bonds. The number of aromatic nitrogens is 3. The van der Waals surface area contributed by atoms with E-state index in [-0.39, 0.29) is 12.5 Å². The highest BCUT2D eigenvalue weighted by Gasteiger charge is 2.21. The molecule has 3 aromatic rings. The third-order valence-corrected chi connectivity index (χ3v) is 7.35. The number of nitrogens with one attached hydrogen (secondary N) is 1. The minimum Gasteiger partial charge on any atom is -0.487 e. The van der Waals surface area contributed by atoms with Crippen LogP contribution in [-0.2, 0) is 33.0 Å². The molecule has 1 fully saturated rings. The molecule has 1 aliphatic carbocycles. The maximum absolute atomic E-state index is 12.6. The molecule has 1 saturated carbocycles. The molecule has 2 aliphatic rings. The van der Waals surface area contributed by atoms with Gasteiger partial charge in [-0.25, -0.2) is 0 Å². The molecule has 3 heterocycles. The standard InChI is InChI=1S/C28H35N5O3/c1-32-24(8-11-31-32)19-36-26-6-5-23-17-33(12-9-22(23)15-26)18-25(34)16-30-28(35)27-14-21(7-10-29-27)13-20-3-2-4-20/h5-8,10-11,14-15,20,25,34H,2-4,9,12-13,16-19H2,1H3,(H,30,35)/t25-/m0/s1.